The molecule has 0 radical (unpaired) electrons. The van der Waals surface area contributed by atoms with Crippen molar-refractivity contribution >= 4 is 23.7 Å². The molecule has 0 heterocycles. The van der Waals surface area contributed by atoms with Crippen molar-refractivity contribution in [3.8, 4) is 11.1 Å². The number of hydrogen-bond donors (Lipinski definition) is 4. The summed E-state index contributed by atoms with van der Waals surface area (Å²) in [7, 11) is 0. The van der Waals surface area contributed by atoms with Crippen LogP contribution in [0.3, 0.4) is 0 Å². The van der Waals surface area contributed by atoms with Crippen LogP contribution in [0.1, 0.15) is 27.4 Å². The van der Waals surface area contributed by atoms with E-state index in [9.17, 15) is 14.4 Å². The van der Waals surface area contributed by atoms with E-state index in [-0.39, 0.29) is 23.8 Å². The number of nitrogens with one attached hydrogen (secondary N) is 2. The molecule has 1 aliphatic rings. The van der Waals surface area contributed by atoms with E-state index in [1.165, 1.54) is 12.1 Å². The van der Waals surface area contributed by atoms with E-state index in [0.29, 0.717) is 0 Å². The van der Waals surface area contributed by atoms with Gasteiger partial charge in [-0.05, 0) is 34.4 Å². The minimum Gasteiger partial charge on any atom is -0.480 e. The monoisotopic (exact) mass is 446 g/mol. The minimum atomic E-state index is -1.46. The van der Waals surface area contributed by atoms with Crippen molar-refractivity contribution in [1.29, 1.82) is 0 Å². The number of aliphatic hydroxyl groups is 1. The number of aliphatic carboxylic acids is 1. The Bertz CT molecular complexity index is 1160. The minimum absolute atomic E-state index is 0.0470. The summed E-state index contributed by atoms with van der Waals surface area (Å²) in [5.41, 5.74) is 4.59. The van der Waals surface area contributed by atoms with Crippen LogP contribution in [0.4, 0.5) is 10.5 Å². The van der Waals surface area contributed by atoms with E-state index in [1.54, 1.807) is 12.1 Å². The van der Waals surface area contributed by atoms with Crippen molar-refractivity contribution in [2.75, 3.05) is 18.5 Å². The van der Waals surface area contributed by atoms with Gasteiger partial charge in [0.1, 0.15) is 6.61 Å². The van der Waals surface area contributed by atoms with Crippen molar-refractivity contribution in [2.45, 2.75) is 12.0 Å². The van der Waals surface area contributed by atoms with Crippen LogP contribution in [0.2, 0.25) is 0 Å². The summed E-state index contributed by atoms with van der Waals surface area (Å²) in [6, 6.07) is 20.6. The highest BCUT2D eigenvalue weighted by Gasteiger charge is 2.29. The molecule has 0 saturated carbocycles. The number of hydrogen-bond acceptors (Lipinski definition) is 5. The van der Waals surface area contributed by atoms with E-state index < -0.39 is 30.6 Å². The van der Waals surface area contributed by atoms with Gasteiger partial charge in [-0.1, -0.05) is 60.7 Å². The first-order valence-electron chi connectivity index (χ1n) is 10.3. The standard InChI is InChI=1S/C25H22N2O6/c28-13-22(24(30)31)26-23(29)19-11-5-6-12-21(19)27-25(32)33-14-20-17-9-3-1-7-15(17)16-8-2-4-10-18(16)20/h1-12,20,22,28H,13-14H2,(H,26,29)(H,27,32)(H,30,31)/t22-/m1/s1. The van der Waals surface area contributed by atoms with Gasteiger partial charge < -0.3 is 20.3 Å². The zero-order chi connectivity index (χ0) is 23.4. The van der Waals surface area contributed by atoms with E-state index in [4.69, 9.17) is 14.9 Å². The van der Waals surface area contributed by atoms with Gasteiger partial charge in [-0.15, -0.1) is 0 Å². The van der Waals surface area contributed by atoms with Gasteiger partial charge >= 0.3 is 12.1 Å². The van der Waals surface area contributed by atoms with Crippen LogP contribution in [0.15, 0.2) is 72.8 Å². The second-order valence-corrected chi connectivity index (χ2v) is 7.54. The Labute approximate surface area is 189 Å². The van der Waals surface area contributed by atoms with Crippen molar-refractivity contribution in [3.63, 3.8) is 0 Å². The molecule has 0 saturated heterocycles. The maximum absolute atomic E-state index is 12.6. The topological polar surface area (TPSA) is 125 Å². The van der Waals surface area contributed by atoms with E-state index in [0.717, 1.165) is 22.3 Å². The van der Waals surface area contributed by atoms with Crippen LogP contribution in [-0.2, 0) is 9.53 Å². The van der Waals surface area contributed by atoms with Gasteiger partial charge in [-0.2, -0.15) is 0 Å². The third kappa shape index (κ3) is 4.56. The molecule has 4 N–H and O–H groups in total. The predicted octanol–water partition coefficient (Wildman–Crippen LogP) is 3.22. The van der Waals surface area contributed by atoms with Gasteiger partial charge in [-0.3, -0.25) is 10.1 Å². The number of rotatable bonds is 7. The number of benzene rings is 3. The SMILES string of the molecule is O=C(Nc1ccccc1C(=O)N[C@H](CO)C(=O)O)OCC1c2ccccc2-c2ccccc21. The number of carboxylic acid groups (broad SMARTS) is 1. The van der Waals surface area contributed by atoms with Crippen LogP contribution in [0, 0.1) is 0 Å². The lowest BCUT2D eigenvalue weighted by atomic mass is 9.98. The summed E-state index contributed by atoms with van der Waals surface area (Å²) < 4.78 is 5.50. The van der Waals surface area contributed by atoms with Gasteiger partial charge in [0.25, 0.3) is 5.91 Å². The van der Waals surface area contributed by atoms with Crippen molar-refractivity contribution in [2.24, 2.45) is 0 Å². The quantitative estimate of drug-likeness (QED) is 0.442. The number of carbonyl (C=O) groups is 3. The molecule has 0 aliphatic heterocycles. The average molecular weight is 446 g/mol. The third-order valence-electron chi connectivity index (χ3n) is 5.54. The summed E-state index contributed by atoms with van der Waals surface area (Å²) in [6.45, 7) is -0.650. The van der Waals surface area contributed by atoms with Gasteiger partial charge in [0.15, 0.2) is 6.04 Å². The number of fused-ring (bicyclic) bond motifs is 3. The average Bonchev–Trinajstić information content (AvgIpc) is 3.15. The molecule has 4 rings (SSSR count). The zero-order valence-corrected chi connectivity index (χ0v) is 17.5. The highest BCUT2D eigenvalue weighted by atomic mass is 16.5. The normalized spacial score (nSPS) is 12.9. The van der Waals surface area contributed by atoms with Gasteiger partial charge in [0.2, 0.25) is 0 Å². The van der Waals surface area contributed by atoms with E-state index in [2.05, 4.69) is 10.6 Å². The summed E-state index contributed by atoms with van der Waals surface area (Å²) in [4.78, 5) is 36.1. The Balaban J connectivity index is 1.46. The molecule has 2 amide bonds. The first-order chi connectivity index (χ1) is 16.0. The molecule has 0 aromatic heterocycles. The third-order valence-corrected chi connectivity index (χ3v) is 5.54. The summed E-state index contributed by atoms with van der Waals surface area (Å²) in [6.07, 6.45) is -0.742. The summed E-state index contributed by atoms with van der Waals surface area (Å²) in [5, 5.41) is 22.9. The Morgan fingerprint density at radius 1 is 0.879 bits per heavy atom. The first kappa shape index (κ1) is 22.0. The molecule has 1 atom stereocenters. The number of anilines is 1. The fourth-order valence-electron chi connectivity index (χ4n) is 3.96. The first-order valence-corrected chi connectivity index (χ1v) is 10.3. The molecule has 1 aliphatic carbocycles. The fraction of sp³-hybridized carbons (Fsp3) is 0.160. The molecule has 168 valence electrons. The summed E-state index contributed by atoms with van der Waals surface area (Å²) >= 11 is 0. The van der Waals surface area contributed by atoms with E-state index in [1.807, 2.05) is 48.5 Å². The van der Waals surface area contributed by atoms with Crippen LogP contribution in [0.5, 0.6) is 0 Å². The number of carbonyl (C=O) groups excluding carboxylic acids is 2. The molecule has 0 bridgehead atoms. The molecule has 33 heavy (non-hydrogen) atoms. The molecular weight excluding hydrogens is 424 g/mol. The molecular formula is C25H22N2O6. The lowest BCUT2D eigenvalue weighted by molar-refractivity contribution is -0.140. The Morgan fingerprint density at radius 2 is 1.45 bits per heavy atom. The van der Waals surface area contributed by atoms with Gasteiger partial charge in [-0.25, -0.2) is 9.59 Å². The molecule has 8 nitrogen and oxygen atoms in total. The lowest BCUT2D eigenvalue weighted by Gasteiger charge is -2.16. The van der Waals surface area contributed by atoms with Crippen LogP contribution in [-0.4, -0.2) is 47.4 Å². The highest BCUT2D eigenvalue weighted by Crippen LogP contribution is 2.44. The van der Waals surface area contributed by atoms with Gasteiger partial charge in [0, 0.05) is 5.92 Å². The van der Waals surface area contributed by atoms with Gasteiger partial charge in [0.05, 0.1) is 17.9 Å². The molecule has 8 heteroatoms. The van der Waals surface area contributed by atoms with Crippen molar-refractivity contribution in [1.82, 2.24) is 5.32 Å². The van der Waals surface area contributed by atoms with E-state index >= 15 is 0 Å². The maximum Gasteiger partial charge on any atom is 0.411 e. The number of ether oxygens (including phenoxy) is 1. The van der Waals surface area contributed by atoms with Crippen LogP contribution >= 0.6 is 0 Å². The molecule has 0 spiro atoms. The number of para-hydroxylation sites is 1. The highest BCUT2D eigenvalue weighted by molar-refractivity contribution is 6.03. The number of carboxylic acids is 1. The zero-order valence-electron chi connectivity index (χ0n) is 17.5. The van der Waals surface area contributed by atoms with Crippen molar-refractivity contribution in [3.05, 3.63) is 89.5 Å². The van der Waals surface area contributed by atoms with Crippen LogP contribution < -0.4 is 10.6 Å². The molecule has 0 unspecified atom stereocenters. The smallest absolute Gasteiger partial charge is 0.411 e. The van der Waals surface area contributed by atoms with Crippen molar-refractivity contribution < 1.29 is 29.3 Å². The second-order valence-electron chi connectivity index (χ2n) is 7.54. The Kier molecular flexibility index (Phi) is 6.37. The maximum atomic E-state index is 12.6. The van der Waals surface area contributed by atoms with Crippen LogP contribution in [0.25, 0.3) is 11.1 Å². The Morgan fingerprint density at radius 3 is 2.06 bits per heavy atom. The molecule has 3 aromatic carbocycles. The lowest BCUT2D eigenvalue weighted by Crippen LogP contribution is -2.43. The number of aliphatic hydroxyl groups excluding tert-OH is 1. The molecule has 0 fully saturated rings. The Hall–Kier alpha value is -4.17. The predicted molar refractivity (Wildman–Crippen MR) is 121 cm³/mol. The fourth-order valence-corrected chi connectivity index (χ4v) is 3.96. The largest absolute Gasteiger partial charge is 0.480 e. The number of amides is 2. The second kappa shape index (κ2) is 9.54. The molecule has 3 aromatic rings. The summed E-state index contributed by atoms with van der Waals surface area (Å²) in [5.74, 6) is -2.22.